The van der Waals surface area contributed by atoms with Crippen molar-refractivity contribution >= 4 is 11.3 Å². The van der Waals surface area contributed by atoms with E-state index in [0.717, 1.165) is 57.5 Å². The van der Waals surface area contributed by atoms with Gasteiger partial charge in [-0.3, -0.25) is 0 Å². The first-order valence-corrected chi connectivity index (χ1v) is 12.9. The van der Waals surface area contributed by atoms with Crippen LogP contribution < -0.4 is 5.73 Å². The van der Waals surface area contributed by atoms with Gasteiger partial charge in [-0.1, -0.05) is 130 Å². The van der Waals surface area contributed by atoms with Gasteiger partial charge in [0.15, 0.2) is 0 Å². The van der Waals surface area contributed by atoms with Crippen molar-refractivity contribution in [1.82, 2.24) is 0 Å². The fourth-order valence-corrected chi connectivity index (χ4v) is 4.11. The van der Waals surface area contributed by atoms with E-state index in [0.29, 0.717) is 0 Å². The van der Waals surface area contributed by atoms with Gasteiger partial charge in [-0.25, -0.2) is 0 Å². The predicted octanol–water partition coefficient (Wildman–Crippen LogP) is 10.2. The van der Waals surface area contributed by atoms with E-state index in [-0.39, 0.29) is 0 Å². The molecule has 1 aromatic carbocycles. The van der Waals surface area contributed by atoms with Gasteiger partial charge in [0.2, 0.25) is 0 Å². The van der Waals surface area contributed by atoms with E-state index < -0.39 is 0 Å². The van der Waals surface area contributed by atoms with Crippen LogP contribution in [0.5, 0.6) is 0 Å². The molecule has 194 valence electrons. The molecule has 0 bridgehead atoms. The molecule has 1 aliphatic rings. The molecule has 0 saturated heterocycles. The summed E-state index contributed by atoms with van der Waals surface area (Å²) < 4.78 is 0. The number of hydrogen-bond donors (Lipinski definition) is 1. The van der Waals surface area contributed by atoms with Gasteiger partial charge in [-0.15, -0.1) is 0 Å². The predicted molar refractivity (Wildman–Crippen MR) is 172 cm³/mol. The lowest BCUT2D eigenvalue weighted by Crippen LogP contribution is -2.03. The minimum Gasteiger partial charge on any atom is -0.398 e. The van der Waals surface area contributed by atoms with Gasteiger partial charge in [0, 0.05) is 5.69 Å². The molecule has 1 aliphatic carbocycles. The molecule has 1 heteroatoms. The Hall–Kier alpha value is -4.36. The molecular weight excluding hydrogens is 458 g/mol. The first kappa shape index (κ1) is 29.9. The number of benzene rings is 1. The summed E-state index contributed by atoms with van der Waals surface area (Å²) in [7, 11) is 0. The van der Waals surface area contributed by atoms with Gasteiger partial charge < -0.3 is 5.73 Å². The zero-order chi connectivity index (χ0) is 27.9. The molecule has 0 radical (unpaired) electrons. The van der Waals surface area contributed by atoms with Crippen LogP contribution in [-0.2, 0) is 0 Å². The summed E-state index contributed by atoms with van der Waals surface area (Å²) >= 11 is 0. The van der Waals surface area contributed by atoms with Crippen LogP contribution >= 0.6 is 0 Å². The van der Waals surface area contributed by atoms with E-state index in [9.17, 15) is 0 Å². The van der Waals surface area contributed by atoms with Crippen LogP contribution in [0.4, 0.5) is 5.69 Å². The number of allylic oxidation sites excluding steroid dienone is 22. The second kappa shape index (κ2) is 15.7. The standard InChI is InChI=1S/C37H41N/c1-8-11-14-15-17-18-28(4)35(20-13-10-3)31(7)37(30(6)19-16-12-9-2)33-25-23-32(24-26-33)34-22-21-29(5)36(38)27-34/h8-17,19-25,27H,1-2,4,7,18,26,38H2,3,5-6H3/b13-10-,14-11-,16-12-,17-15-,30-19+,35-20-,37-33-. The van der Waals surface area contributed by atoms with Crippen LogP contribution in [0.1, 0.15) is 37.8 Å². The summed E-state index contributed by atoms with van der Waals surface area (Å²) in [5.41, 5.74) is 16.9. The zero-order valence-electron chi connectivity index (χ0n) is 23.2. The molecular formula is C37H41N. The highest BCUT2D eigenvalue weighted by molar-refractivity contribution is 5.79. The maximum Gasteiger partial charge on any atom is 0.0349 e. The Bertz CT molecular complexity index is 1340. The summed E-state index contributed by atoms with van der Waals surface area (Å²) in [6.45, 7) is 22.7. The first-order valence-electron chi connectivity index (χ1n) is 12.9. The van der Waals surface area contributed by atoms with Gasteiger partial charge in [-0.05, 0) is 89.8 Å². The quantitative estimate of drug-likeness (QED) is 0.225. The molecule has 38 heavy (non-hydrogen) atoms. The van der Waals surface area contributed by atoms with E-state index in [1.54, 1.807) is 12.2 Å². The Morgan fingerprint density at radius 3 is 2.32 bits per heavy atom. The SMILES string of the molecule is C=C/C=C\C=C/CC(=C)/C(=C/C=C\C)C(=C)C(/C(C)=C/C=C\C=C)=C1/C=CC(c2ccc(C)c(N)c2)=CC1. The van der Waals surface area contributed by atoms with E-state index in [1.807, 2.05) is 62.4 Å². The second-order valence-electron chi connectivity index (χ2n) is 9.08. The lowest BCUT2D eigenvalue weighted by molar-refractivity contribution is 1.16. The zero-order valence-corrected chi connectivity index (χ0v) is 23.2. The third-order valence-electron chi connectivity index (χ3n) is 6.25. The highest BCUT2D eigenvalue weighted by atomic mass is 14.6. The fourth-order valence-electron chi connectivity index (χ4n) is 4.11. The van der Waals surface area contributed by atoms with Crippen molar-refractivity contribution in [2.24, 2.45) is 0 Å². The first-order chi connectivity index (χ1) is 18.3. The fraction of sp³-hybridized carbons (Fsp3) is 0.135. The molecule has 0 amide bonds. The number of rotatable bonds is 12. The highest BCUT2D eigenvalue weighted by Crippen LogP contribution is 2.36. The molecule has 0 unspecified atom stereocenters. The minimum atomic E-state index is 0.723. The van der Waals surface area contributed by atoms with Gasteiger partial charge in [0.25, 0.3) is 0 Å². The molecule has 1 nitrogen and oxygen atoms in total. The number of hydrogen-bond acceptors (Lipinski definition) is 1. The lowest BCUT2D eigenvalue weighted by atomic mass is 9.83. The highest BCUT2D eigenvalue weighted by Gasteiger charge is 2.17. The van der Waals surface area contributed by atoms with Gasteiger partial charge in [0.05, 0.1) is 0 Å². The Morgan fingerprint density at radius 2 is 1.68 bits per heavy atom. The maximum absolute atomic E-state index is 6.17. The second-order valence-corrected chi connectivity index (χ2v) is 9.08. The normalized spacial score (nSPS) is 16.0. The van der Waals surface area contributed by atoms with Crippen molar-refractivity contribution in [2.75, 3.05) is 5.73 Å². The minimum absolute atomic E-state index is 0.723. The lowest BCUT2D eigenvalue weighted by Gasteiger charge is -2.21. The van der Waals surface area contributed by atoms with E-state index in [2.05, 4.69) is 81.8 Å². The Morgan fingerprint density at radius 1 is 0.947 bits per heavy atom. The molecule has 0 aliphatic heterocycles. The van der Waals surface area contributed by atoms with Crippen molar-refractivity contribution in [3.63, 3.8) is 0 Å². The van der Waals surface area contributed by atoms with Gasteiger partial charge in [0.1, 0.15) is 0 Å². The third kappa shape index (κ3) is 8.64. The van der Waals surface area contributed by atoms with E-state index in [4.69, 9.17) is 5.73 Å². The van der Waals surface area contributed by atoms with Gasteiger partial charge >= 0.3 is 0 Å². The third-order valence-corrected chi connectivity index (χ3v) is 6.25. The number of aryl methyl sites for hydroxylation is 1. The Labute approximate surface area is 230 Å². The van der Waals surface area contributed by atoms with Crippen molar-refractivity contribution in [3.8, 4) is 0 Å². The summed E-state index contributed by atoms with van der Waals surface area (Å²) in [5.74, 6) is 0. The van der Waals surface area contributed by atoms with Crippen LogP contribution in [0.15, 0.2) is 169 Å². The molecule has 1 aromatic rings. The molecule has 0 saturated carbocycles. The molecule has 0 atom stereocenters. The largest absolute Gasteiger partial charge is 0.398 e. The number of anilines is 1. The molecule has 0 fully saturated rings. The van der Waals surface area contributed by atoms with Crippen LogP contribution in [0.2, 0.25) is 0 Å². The molecule has 2 rings (SSSR count). The van der Waals surface area contributed by atoms with Crippen molar-refractivity contribution in [3.05, 3.63) is 180 Å². The average Bonchev–Trinajstić information content (AvgIpc) is 2.91. The molecule has 2 N–H and O–H groups in total. The summed E-state index contributed by atoms with van der Waals surface area (Å²) in [5, 5.41) is 0. The molecule has 0 heterocycles. The van der Waals surface area contributed by atoms with E-state index >= 15 is 0 Å². The topological polar surface area (TPSA) is 26.0 Å². The van der Waals surface area contributed by atoms with Crippen LogP contribution in [0, 0.1) is 6.92 Å². The average molecular weight is 500 g/mol. The molecule has 0 aromatic heterocycles. The van der Waals surface area contributed by atoms with Crippen LogP contribution in [0.3, 0.4) is 0 Å². The number of nitrogen functional groups attached to an aromatic ring is 1. The summed E-state index contributed by atoms with van der Waals surface area (Å²) in [4.78, 5) is 0. The number of nitrogens with two attached hydrogens (primary N) is 1. The molecule has 0 spiro atoms. The maximum atomic E-state index is 6.17. The van der Waals surface area contributed by atoms with E-state index in [1.165, 1.54) is 11.1 Å². The monoisotopic (exact) mass is 499 g/mol. The van der Waals surface area contributed by atoms with Crippen molar-refractivity contribution < 1.29 is 0 Å². The van der Waals surface area contributed by atoms with Gasteiger partial charge in [-0.2, -0.15) is 0 Å². The van der Waals surface area contributed by atoms with Crippen molar-refractivity contribution in [1.29, 1.82) is 0 Å². The Balaban J connectivity index is 2.52. The van der Waals surface area contributed by atoms with Crippen LogP contribution in [0.25, 0.3) is 5.57 Å². The van der Waals surface area contributed by atoms with Crippen molar-refractivity contribution in [2.45, 2.75) is 33.6 Å². The summed E-state index contributed by atoms with van der Waals surface area (Å²) in [6.07, 6.45) is 31.9. The Kier molecular flexibility index (Phi) is 12.3. The van der Waals surface area contributed by atoms with Crippen LogP contribution in [-0.4, -0.2) is 0 Å². The smallest absolute Gasteiger partial charge is 0.0349 e. The summed E-state index contributed by atoms with van der Waals surface area (Å²) in [6, 6.07) is 6.24.